The van der Waals surface area contributed by atoms with E-state index in [1.165, 1.54) is 25.3 Å². The molecule has 1 amide bonds. The number of aliphatic imine (C=N–C) groups is 1. The topological polar surface area (TPSA) is 124 Å². The molecule has 1 aromatic carbocycles. The van der Waals surface area contributed by atoms with E-state index < -0.39 is 11.0 Å². The maximum Gasteiger partial charge on any atom is 0.421 e. The van der Waals surface area contributed by atoms with Gasteiger partial charge in [-0.05, 0) is 25.6 Å². The number of amides is 1. The van der Waals surface area contributed by atoms with E-state index in [1.807, 2.05) is 20.8 Å². The van der Waals surface area contributed by atoms with Gasteiger partial charge in [0.25, 0.3) is 5.69 Å². The molecule has 10 heteroatoms. The minimum atomic E-state index is -0.875. The number of hydrogen-bond donors (Lipinski definition) is 1. The lowest BCUT2D eigenvalue weighted by atomic mass is 10.2. The lowest BCUT2D eigenvalue weighted by Gasteiger charge is -2.21. The first kappa shape index (κ1) is 23.2. The molecule has 0 saturated heterocycles. The number of carbonyl (C=O) groups excluding carboxylic acids is 1. The van der Waals surface area contributed by atoms with Crippen LogP contribution in [0.25, 0.3) is 0 Å². The van der Waals surface area contributed by atoms with E-state index in [2.05, 4.69) is 9.89 Å². The lowest BCUT2D eigenvalue weighted by molar-refractivity contribution is -0.384. The fraction of sp³-hybridized carbons (Fsp3) is 0.556. The Kier molecular flexibility index (Phi) is 9.72. The Hall–Kier alpha value is -2.88. The van der Waals surface area contributed by atoms with Crippen molar-refractivity contribution in [3.8, 4) is 5.75 Å². The van der Waals surface area contributed by atoms with Gasteiger partial charge in [-0.25, -0.2) is 9.69 Å². The molecule has 10 nitrogen and oxygen atoms in total. The number of benzene rings is 1. The zero-order valence-electron chi connectivity index (χ0n) is 16.9. The molecule has 0 aromatic heterocycles. The van der Waals surface area contributed by atoms with Crippen molar-refractivity contribution in [3.05, 3.63) is 28.3 Å². The van der Waals surface area contributed by atoms with Gasteiger partial charge in [0.15, 0.2) is 0 Å². The van der Waals surface area contributed by atoms with Crippen molar-refractivity contribution in [2.75, 3.05) is 44.8 Å². The third-order valence-corrected chi connectivity index (χ3v) is 4.03. The van der Waals surface area contributed by atoms with Crippen molar-refractivity contribution in [3.63, 3.8) is 0 Å². The number of carbonyl (C=O) groups is 1. The summed E-state index contributed by atoms with van der Waals surface area (Å²) in [4.78, 5) is 30.4. The van der Waals surface area contributed by atoms with Crippen LogP contribution in [0.5, 0.6) is 5.75 Å². The molecule has 0 atom stereocenters. The SMILES string of the molecule is CCCOc1ccc([N+](=O)[O-])c(N(C(=O)OC)C(N)=NCCN(CC)CC)c1. The van der Waals surface area contributed by atoms with Crippen molar-refractivity contribution in [2.45, 2.75) is 27.2 Å². The second-order valence-electron chi connectivity index (χ2n) is 5.83. The third kappa shape index (κ3) is 6.38. The zero-order valence-corrected chi connectivity index (χ0v) is 16.9. The molecule has 0 aliphatic carbocycles. The predicted molar refractivity (Wildman–Crippen MR) is 108 cm³/mol. The number of nitro benzene ring substituents is 1. The molecule has 0 fully saturated rings. The quantitative estimate of drug-likeness (QED) is 0.279. The van der Waals surface area contributed by atoms with Crippen molar-refractivity contribution < 1.29 is 19.2 Å². The van der Waals surface area contributed by atoms with Gasteiger partial charge in [-0.15, -0.1) is 0 Å². The summed E-state index contributed by atoms with van der Waals surface area (Å²) in [6, 6.07) is 4.12. The van der Waals surface area contributed by atoms with Crippen LogP contribution >= 0.6 is 0 Å². The molecule has 0 heterocycles. The number of nitro groups is 1. The summed E-state index contributed by atoms with van der Waals surface area (Å²) in [5.74, 6) is 0.196. The number of nitrogens with zero attached hydrogens (tertiary/aromatic N) is 4. The maximum absolute atomic E-state index is 12.3. The van der Waals surface area contributed by atoms with Crippen LogP contribution in [0.4, 0.5) is 16.2 Å². The van der Waals surface area contributed by atoms with Crippen LogP contribution in [-0.2, 0) is 4.74 Å². The summed E-state index contributed by atoms with van der Waals surface area (Å²) in [5, 5.41) is 11.5. The minimum absolute atomic E-state index is 0.0606. The van der Waals surface area contributed by atoms with Crippen molar-refractivity contribution in [2.24, 2.45) is 10.7 Å². The monoisotopic (exact) mass is 395 g/mol. The van der Waals surface area contributed by atoms with Crippen LogP contribution in [0.1, 0.15) is 27.2 Å². The highest BCUT2D eigenvalue weighted by Crippen LogP contribution is 2.32. The van der Waals surface area contributed by atoms with Gasteiger partial charge in [0.05, 0.1) is 25.2 Å². The van der Waals surface area contributed by atoms with Crippen LogP contribution < -0.4 is 15.4 Å². The van der Waals surface area contributed by atoms with Gasteiger partial charge in [0.2, 0.25) is 5.96 Å². The number of guanidine groups is 1. The Bertz CT molecular complexity index is 691. The van der Waals surface area contributed by atoms with E-state index in [-0.39, 0.29) is 17.3 Å². The van der Waals surface area contributed by atoms with Crippen molar-refractivity contribution in [1.82, 2.24) is 4.90 Å². The molecule has 156 valence electrons. The largest absolute Gasteiger partial charge is 0.494 e. The molecule has 0 aliphatic rings. The first-order chi connectivity index (χ1) is 13.4. The first-order valence-corrected chi connectivity index (χ1v) is 9.21. The van der Waals surface area contributed by atoms with Gasteiger partial charge in [-0.3, -0.25) is 15.1 Å². The first-order valence-electron chi connectivity index (χ1n) is 9.21. The van der Waals surface area contributed by atoms with Crippen LogP contribution in [0.15, 0.2) is 23.2 Å². The second-order valence-corrected chi connectivity index (χ2v) is 5.83. The summed E-state index contributed by atoms with van der Waals surface area (Å²) in [6.45, 7) is 9.12. The highest BCUT2D eigenvalue weighted by Gasteiger charge is 2.29. The van der Waals surface area contributed by atoms with E-state index in [9.17, 15) is 14.9 Å². The Balaban J connectivity index is 3.27. The Morgan fingerprint density at radius 1 is 1.29 bits per heavy atom. The summed E-state index contributed by atoms with van der Waals surface area (Å²) < 4.78 is 10.3. The molecule has 1 rings (SSSR count). The predicted octanol–water partition coefficient (Wildman–Crippen LogP) is 2.61. The maximum atomic E-state index is 12.3. The number of rotatable bonds is 10. The molecule has 0 aliphatic heterocycles. The van der Waals surface area contributed by atoms with Crippen LogP contribution in [0, 0.1) is 10.1 Å². The lowest BCUT2D eigenvalue weighted by Crippen LogP contribution is -2.43. The molecule has 28 heavy (non-hydrogen) atoms. The molecule has 0 radical (unpaired) electrons. The van der Waals surface area contributed by atoms with Gasteiger partial charge in [0, 0.05) is 18.7 Å². The van der Waals surface area contributed by atoms with E-state index in [0.29, 0.717) is 25.4 Å². The summed E-state index contributed by atoms with van der Waals surface area (Å²) in [5.41, 5.74) is 5.64. The molecule has 2 N–H and O–H groups in total. The number of ether oxygens (including phenoxy) is 2. The molecule has 0 unspecified atom stereocenters. The van der Waals surface area contributed by atoms with E-state index in [1.54, 1.807) is 0 Å². The van der Waals surface area contributed by atoms with Gasteiger partial charge >= 0.3 is 6.09 Å². The number of nitrogens with two attached hydrogens (primary N) is 1. The number of anilines is 1. The molecular weight excluding hydrogens is 366 g/mol. The molecule has 0 bridgehead atoms. The third-order valence-electron chi connectivity index (χ3n) is 4.03. The molecular formula is C18H29N5O5. The summed E-state index contributed by atoms with van der Waals surface area (Å²) in [6.07, 6.45) is -0.109. The smallest absolute Gasteiger partial charge is 0.421 e. The number of likely N-dealkylation sites (N-methyl/N-ethyl adjacent to an activating group) is 1. The van der Waals surface area contributed by atoms with Gasteiger partial charge in [0.1, 0.15) is 11.4 Å². The highest BCUT2D eigenvalue weighted by atomic mass is 16.6. The second kappa shape index (κ2) is 11.8. The van der Waals surface area contributed by atoms with Crippen LogP contribution in [0.3, 0.4) is 0 Å². The fourth-order valence-electron chi connectivity index (χ4n) is 2.47. The Morgan fingerprint density at radius 3 is 2.50 bits per heavy atom. The van der Waals surface area contributed by atoms with Crippen LogP contribution in [-0.4, -0.2) is 61.8 Å². The number of methoxy groups -OCH3 is 1. The summed E-state index contributed by atoms with van der Waals surface area (Å²) in [7, 11) is 1.17. The van der Waals surface area contributed by atoms with Gasteiger partial charge in [-0.1, -0.05) is 20.8 Å². The highest BCUT2D eigenvalue weighted by molar-refractivity contribution is 6.14. The van der Waals surface area contributed by atoms with Gasteiger partial charge in [-0.2, -0.15) is 0 Å². The Labute approximate surface area is 165 Å². The average Bonchev–Trinajstić information content (AvgIpc) is 2.69. The Morgan fingerprint density at radius 2 is 1.96 bits per heavy atom. The number of hydrogen-bond acceptors (Lipinski definition) is 7. The standard InChI is InChI=1S/C18H29N5O5/c1-5-12-28-14-8-9-15(23(25)26)16(13-14)22(18(24)27-4)17(19)20-10-11-21(6-2)7-3/h8-9,13H,5-7,10-12H2,1-4H3,(H2,19,20). The van der Waals surface area contributed by atoms with Crippen molar-refractivity contribution >= 4 is 23.4 Å². The molecule has 1 aromatic rings. The normalized spacial score (nSPS) is 11.4. The molecule has 0 saturated carbocycles. The zero-order chi connectivity index (χ0) is 21.1. The minimum Gasteiger partial charge on any atom is -0.494 e. The summed E-state index contributed by atoms with van der Waals surface area (Å²) >= 11 is 0. The van der Waals surface area contributed by atoms with E-state index in [0.717, 1.165) is 24.4 Å². The fourth-order valence-corrected chi connectivity index (χ4v) is 2.47. The average molecular weight is 395 g/mol. The van der Waals surface area contributed by atoms with Crippen LogP contribution in [0.2, 0.25) is 0 Å². The van der Waals surface area contributed by atoms with E-state index >= 15 is 0 Å². The van der Waals surface area contributed by atoms with E-state index in [4.69, 9.17) is 15.2 Å². The van der Waals surface area contributed by atoms with Crippen molar-refractivity contribution in [1.29, 1.82) is 0 Å². The molecule has 0 spiro atoms. The van der Waals surface area contributed by atoms with Gasteiger partial charge < -0.3 is 20.1 Å².